The number of amides is 1. The van der Waals surface area contributed by atoms with Gasteiger partial charge in [-0.1, -0.05) is 47.5 Å². The van der Waals surface area contributed by atoms with Crippen LogP contribution in [0.15, 0.2) is 77.7 Å². The van der Waals surface area contributed by atoms with E-state index in [-0.39, 0.29) is 10.6 Å². The van der Waals surface area contributed by atoms with Gasteiger partial charge in [0.25, 0.3) is 10.0 Å². The van der Waals surface area contributed by atoms with Crippen LogP contribution in [0, 0.1) is 6.92 Å². The zero-order valence-corrected chi connectivity index (χ0v) is 22.4. The number of sulfonamides is 1. The Labute approximate surface area is 224 Å². The Balaban J connectivity index is 1.67. The summed E-state index contributed by atoms with van der Waals surface area (Å²) in [6, 6.07) is 17.3. The van der Waals surface area contributed by atoms with Gasteiger partial charge >= 0.3 is 6.18 Å². The molecular weight excluding hydrogens is 545 g/mol. The molecule has 1 N–H and O–H groups in total. The van der Waals surface area contributed by atoms with Crippen molar-refractivity contribution in [3.05, 3.63) is 94.5 Å². The molecule has 0 bridgehead atoms. The summed E-state index contributed by atoms with van der Waals surface area (Å²) in [6.45, 7) is 1.41. The molecule has 0 saturated heterocycles. The molecule has 198 valence electrons. The fraction of sp³-hybridized carbons (Fsp3) is 0.269. The Hall–Kier alpha value is -2.69. The summed E-state index contributed by atoms with van der Waals surface area (Å²) in [7, 11) is -4.31. The lowest BCUT2D eigenvalue weighted by Crippen LogP contribution is -2.41. The van der Waals surface area contributed by atoms with E-state index in [0.717, 1.165) is 40.8 Å². The van der Waals surface area contributed by atoms with Crippen molar-refractivity contribution in [1.82, 2.24) is 5.32 Å². The SMILES string of the molecule is Cc1ccc(S(=O)(=O)N(CC(=O)NCCCSCc2cccc(Cl)c2)c2cccc(C(F)(F)F)c2)cc1. The van der Waals surface area contributed by atoms with E-state index in [9.17, 15) is 26.4 Å². The number of thioether (sulfide) groups is 1. The fourth-order valence-corrected chi connectivity index (χ4v) is 5.93. The van der Waals surface area contributed by atoms with Crippen LogP contribution in [0.5, 0.6) is 0 Å². The Morgan fingerprint density at radius 3 is 2.41 bits per heavy atom. The first kappa shape index (κ1) is 28.9. The molecule has 11 heteroatoms. The lowest BCUT2D eigenvalue weighted by molar-refractivity contribution is -0.137. The van der Waals surface area contributed by atoms with Crippen molar-refractivity contribution in [3.63, 3.8) is 0 Å². The zero-order chi connectivity index (χ0) is 27.1. The molecule has 3 aromatic rings. The Morgan fingerprint density at radius 2 is 1.73 bits per heavy atom. The van der Waals surface area contributed by atoms with Crippen LogP contribution in [0.25, 0.3) is 0 Å². The van der Waals surface area contributed by atoms with Gasteiger partial charge in [0.1, 0.15) is 6.54 Å². The lowest BCUT2D eigenvalue weighted by atomic mass is 10.2. The third-order valence-electron chi connectivity index (χ3n) is 5.30. The summed E-state index contributed by atoms with van der Waals surface area (Å²) in [5.41, 5.74) is 0.643. The van der Waals surface area contributed by atoms with E-state index in [1.807, 2.05) is 18.2 Å². The molecule has 0 unspecified atom stereocenters. The van der Waals surface area contributed by atoms with Crippen molar-refractivity contribution in [2.45, 2.75) is 30.2 Å². The van der Waals surface area contributed by atoms with Gasteiger partial charge in [-0.05, 0) is 67.1 Å². The summed E-state index contributed by atoms with van der Waals surface area (Å²) in [5.74, 6) is 0.881. The van der Waals surface area contributed by atoms with E-state index in [4.69, 9.17) is 11.6 Å². The predicted molar refractivity (Wildman–Crippen MR) is 142 cm³/mol. The minimum Gasteiger partial charge on any atom is -0.354 e. The van der Waals surface area contributed by atoms with Crippen LogP contribution < -0.4 is 9.62 Å². The largest absolute Gasteiger partial charge is 0.416 e. The average molecular weight is 571 g/mol. The highest BCUT2D eigenvalue weighted by Crippen LogP contribution is 2.33. The Bertz CT molecular complexity index is 1320. The predicted octanol–water partition coefficient (Wildman–Crippen LogP) is 6.30. The molecule has 0 spiro atoms. The number of carbonyl (C=O) groups is 1. The summed E-state index contributed by atoms with van der Waals surface area (Å²) in [4.78, 5) is 12.5. The molecule has 0 atom stereocenters. The highest BCUT2D eigenvalue weighted by Gasteiger charge is 2.33. The maximum Gasteiger partial charge on any atom is 0.416 e. The number of anilines is 1. The van der Waals surface area contributed by atoms with Crippen molar-refractivity contribution < 1.29 is 26.4 Å². The first-order valence-corrected chi connectivity index (χ1v) is 14.3. The minimum absolute atomic E-state index is 0.124. The number of nitrogens with zero attached hydrogens (tertiary/aromatic N) is 1. The normalized spacial score (nSPS) is 11.8. The molecule has 1 amide bonds. The van der Waals surface area contributed by atoms with Gasteiger partial charge in [-0.2, -0.15) is 24.9 Å². The lowest BCUT2D eigenvalue weighted by Gasteiger charge is -2.25. The van der Waals surface area contributed by atoms with Gasteiger partial charge in [0.2, 0.25) is 5.91 Å². The molecule has 0 saturated carbocycles. The number of alkyl halides is 3. The van der Waals surface area contributed by atoms with Gasteiger partial charge in [0.05, 0.1) is 16.1 Å². The summed E-state index contributed by atoms with van der Waals surface area (Å²) in [5, 5.41) is 3.33. The van der Waals surface area contributed by atoms with Crippen LogP contribution in [0.1, 0.15) is 23.1 Å². The number of hydrogen-bond donors (Lipinski definition) is 1. The van der Waals surface area contributed by atoms with E-state index in [2.05, 4.69) is 5.32 Å². The van der Waals surface area contributed by atoms with Crippen LogP contribution in [0.2, 0.25) is 5.02 Å². The summed E-state index contributed by atoms with van der Waals surface area (Å²) >= 11 is 7.64. The minimum atomic E-state index is -4.67. The summed E-state index contributed by atoms with van der Waals surface area (Å²) in [6.07, 6.45) is -4.04. The number of aryl methyl sites for hydroxylation is 1. The van der Waals surface area contributed by atoms with Gasteiger partial charge in [-0.3, -0.25) is 9.10 Å². The van der Waals surface area contributed by atoms with Gasteiger partial charge in [0, 0.05) is 17.3 Å². The maximum atomic E-state index is 13.4. The molecule has 0 radical (unpaired) electrons. The van der Waals surface area contributed by atoms with Crippen molar-refractivity contribution in [3.8, 4) is 0 Å². The molecule has 0 fully saturated rings. The highest BCUT2D eigenvalue weighted by atomic mass is 35.5. The third kappa shape index (κ3) is 8.41. The molecule has 0 aliphatic heterocycles. The Kier molecular flexibility index (Phi) is 9.92. The monoisotopic (exact) mass is 570 g/mol. The topological polar surface area (TPSA) is 66.5 Å². The van der Waals surface area contributed by atoms with E-state index in [1.54, 1.807) is 36.9 Å². The van der Waals surface area contributed by atoms with E-state index in [1.165, 1.54) is 18.2 Å². The number of halogens is 4. The smallest absolute Gasteiger partial charge is 0.354 e. The molecular formula is C26H26ClF3N2O3S2. The second-order valence-corrected chi connectivity index (χ2v) is 11.7. The highest BCUT2D eigenvalue weighted by molar-refractivity contribution is 7.98. The molecule has 0 heterocycles. The van der Waals surface area contributed by atoms with Crippen molar-refractivity contribution in [2.75, 3.05) is 23.1 Å². The van der Waals surface area contributed by atoms with Crippen LogP contribution in [-0.2, 0) is 26.7 Å². The molecule has 0 aliphatic carbocycles. The Morgan fingerprint density at radius 1 is 1.03 bits per heavy atom. The van der Waals surface area contributed by atoms with Crippen molar-refractivity contribution in [1.29, 1.82) is 0 Å². The molecule has 3 rings (SSSR count). The average Bonchev–Trinajstić information content (AvgIpc) is 2.84. The standard InChI is InChI=1S/C26H26ClF3N2O3S2/c1-19-9-11-24(12-10-19)37(34,35)32(23-8-3-6-21(16-23)26(28,29)30)17-25(33)31-13-4-14-36-18-20-5-2-7-22(27)15-20/h2-3,5-12,15-16H,4,13-14,17-18H2,1H3,(H,31,33). The first-order valence-electron chi connectivity index (χ1n) is 11.3. The molecule has 0 aromatic heterocycles. The number of carbonyl (C=O) groups excluding carboxylic acids is 1. The van der Waals surface area contributed by atoms with Crippen molar-refractivity contribution >= 4 is 45.0 Å². The van der Waals surface area contributed by atoms with E-state index < -0.39 is 34.2 Å². The van der Waals surface area contributed by atoms with Crippen molar-refractivity contribution in [2.24, 2.45) is 0 Å². The van der Waals surface area contributed by atoms with Crippen LogP contribution in [0.3, 0.4) is 0 Å². The molecule has 3 aromatic carbocycles. The molecule has 0 aliphatic rings. The van der Waals surface area contributed by atoms with Gasteiger partial charge in [0.15, 0.2) is 0 Å². The van der Waals surface area contributed by atoms with Crippen LogP contribution in [-0.4, -0.2) is 33.2 Å². The van der Waals surface area contributed by atoms with E-state index in [0.29, 0.717) is 22.3 Å². The fourth-order valence-electron chi connectivity index (χ4n) is 3.40. The second kappa shape index (κ2) is 12.7. The second-order valence-electron chi connectivity index (χ2n) is 8.26. The van der Waals surface area contributed by atoms with E-state index >= 15 is 0 Å². The van der Waals surface area contributed by atoms with Crippen LogP contribution in [0.4, 0.5) is 18.9 Å². The first-order chi connectivity index (χ1) is 17.5. The number of hydrogen-bond acceptors (Lipinski definition) is 4. The third-order valence-corrected chi connectivity index (χ3v) is 8.44. The zero-order valence-electron chi connectivity index (χ0n) is 20.0. The number of rotatable bonds is 11. The summed E-state index contributed by atoms with van der Waals surface area (Å²) < 4.78 is 67.3. The maximum absolute atomic E-state index is 13.4. The van der Waals surface area contributed by atoms with Gasteiger partial charge in [-0.25, -0.2) is 8.42 Å². The molecule has 5 nitrogen and oxygen atoms in total. The molecule has 37 heavy (non-hydrogen) atoms. The number of nitrogens with one attached hydrogen (secondary N) is 1. The quantitative estimate of drug-likeness (QED) is 0.275. The van der Waals surface area contributed by atoms with Crippen LogP contribution >= 0.6 is 23.4 Å². The number of benzene rings is 3. The van der Waals surface area contributed by atoms with Gasteiger partial charge in [-0.15, -0.1) is 0 Å². The van der Waals surface area contributed by atoms with Gasteiger partial charge < -0.3 is 5.32 Å².